The maximum Gasteiger partial charge on any atom is 0.282 e. The van der Waals surface area contributed by atoms with Crippen molar-refractivity contribution in [2.45, 2.75) is 19.8 Å². The normalized spacial score (nSPS) is 14.1. The molecule has 0 saturated carbocycles. The average Bonchev–Trinajstić information content (AvgIpc) is 2.87. The number of morpholine rings is 1. The zero-order valence-corrected chi connectivity index (χ0v) is 23.9. The molecule has 9 nitrogen and oxygen atoms in total. The van der Waals surface area contributed by atoms with E-state index in [9.17, 15) is 9.59 Å². The zero-order valence-electron chi connectivity index (χ0n) is 20.2. The van der Waals surface area contributed by atoms with Crippen molar-refractivity contribution in [1.82, 2.24) is 14.6 Å². The van der Waals surface area contributed by atoms with Gasteiger partial charge in [-0.15, -0.1) is 0 Å². The molecule has 1 amide bonds. The Hall–Kier alpha value is -2.51. The number of aromatic nitrogens is 2. The van der Waals surface area contributed by atoms with Crippen molar-refractivity contribution in [2.24, 2.45) is 5.10 Å². The van der Waals surface area contributed by atoms with Crippen molar-refractivity contribution in [1.29, 1.82) is 0 Å². The van der Waals surface area contributed by atoms with Gasteiger partial charge in [0.05, 0.1) is 41.0 Å². The summed E-state index contributed by atoms with van der Waals surface area (Å²) in [6, 6.07) is 9.03. The first-order valence-corrected chi connectivity index (χ1v) is 13.3. The maximum absolute atomic E-state index is 13.2. The molecule has 0 unspecified atom stereocenters. The highest BCUT2D eigenvalue weighted by atomic mass is 127. The van der Waals surface area contributed by atoms with Gasteiger partial charge in [-0.2, -0.15) is 9.78 Å². The number of rotatable bonds is 7. The number of fused-ring (bicyclic) bond motifs is 1. The molecule has 11 heteroatoms. The van der Waals surface area contributed by atoms with Gasteiger partial charge in [0, 0.05) is 23.5 Å². The number of ether oxygens (including phenoxy) is 3. The molecule has 0 bridgehead atoms. The lowest BCUT2D eigenvalue weighted by molar-refractivity contribution is -0.137. The molecule has 4 rings (SSSR count). The van der Waals surface area contributed by atoms with E-state index >= 15 is 0 Å². The summed E-state index contributed by atoms with van der Waals surface area (Å²) in [6.07, 6.45) is 1.59. The van der Waals surface area contributed by atoms with Gasteiger partial charge in [-0.1, -0.05) is 29.8 Å². The van der Waals surface area contributed by atoms with E-state index in [1.807, 2.05) is 32.0 Å². The lowest BCUT2D eigenvalue weighted by Gasteiger charge is -2.27. The van der Waals surface area contributed by atoms with E-state index in [1.165, 1.54) is 11.8 Å². The van der Waals surface area contributed by atoms with E-state index < -0.39 is 0 Å². The third-order valence-electron chi connectivity index (χ3n) is 5.63. The highest BCUT2D eigenvalue weighted by Crippen LogP contribution is 2.33. The van der Waals surface area contributed by atoms with Crippen molar-refractivity contribution >= 4 is 61.5 Å². The lowest BCUT2D eigenvalue weighted by Crippen LogP contribution is -2.43. The van der Waals surface area contributed by atoms with Crippen molar-refractivity contribution in [3.8, 4) is 11.5 Å². The van der Waals surface area contributed by atoms with Crippen molar-refractivity contribution in [3.05, 3.63) is 60.1 Å². The third kappa shape index (κ3) is 5.89. The molecule has 3 aromatic rings. The van der Waals surface area contributed by atoms with Crippen molar-refractivity contribution in [3.63, 3.8) is 0 Å². The van der Waals surface area contributed by atoms with Gasteiger partial charge < -0.3 is 19.1 Å². The number of carbonyl (C=O) groups is 1. The summed E-state index contributed by atoms with van der Waals surface area (Å²) in [4.78, 5) is 32.1. The lowest BCUT2D eigenvalue weighted by atomic mass is 10.2. The molecule has 1 aliphatic heterocycles. The predicted octanol–water partition coefficient (Wildman–Crippen LogP) is 4.02. The summed E-state index contributed by atoms with van der Waals surface area (Å²) < 4.78 is 19.6. The number of hydrogen-bond acceptors (Lipinski definition) is 7. The topological polar surface area (TPSA) is 95.2 Å². The Morgan fingerprint density at radius 2 is 2.03 bits per heavy atom. The van der Waals surface area contributed by atoms with Crippen molar-refractivity contribution < 1.29 is 19.0 Å². The average molecular weight is 669 g/mol. The summed E-state index contributed by atoms with van der Waals surface area (Å²) in [5.74, 6) is 1.40. The van der Waals surface area contributed by atoms with Crippen LogP contribution in [0.25, 0.3) is 10.9 Å². The number of amides is 1. The number of nitrogens with zero attached hydrogens (tertiary/aromatic N) is 4. The van der Waals surface area contributed by atoms with Crippen LogP contribution >= 0.6 is 38.5 Å². The van der Waals surface area contributed by atoms with E-state index in [4.69, 9.17) is 14.2 Å². The van der Waals surface area contributed by atoms with Crippen LogP contribution in [0.4, 0.5) is 0 Å². The molecule has 2 heterocycles. The second kappa shape index (κ2) is 11.7. The molecule has 1 aromatic heterocycles. The summed E-state index contributed by atoms with van der Waals surface area (Å²) >= 11 is 5.55. The standard InChI is InChI=1S/C25H26BrIN4O5/c1-15(2)24-29-20-5-4-17(26)12-18(20)25(33)31(24)28-13-16-10-19(27)23(21(11-16)34-3)36-14-22(32)30-6-8-35-9-7-30/h4-5,10-13,15H,6-9,14H2,1-3H3. The second-order valence-corrected chi connectivity index (χ2v) is 10.5. The molecular weight excluding hydrogens is 643 g/mol. The Kier molecular flexibility index (Phi) is 8.62. The Morgan fingerprint density at radius 3 is 2.72 bits per heavy atom. The first kappa shape index (κ1) is 26.6. The SMILES string of the molecule is COc1cc(C=Nn2c(C(C)C)nc3ccc(Br)cc3c2=O)cc(I)c1OCC(=O)N1CCOCC1. The summed E-state index contributed by atoms with van der Waals surface area (Å²) in [5.41, 5.74) is 1.09. The van der Waals surface area contributed by atoms with Gasteiger partial charge in [-0.05, 0) is 58.5 Å². The minimum Gasteiger partial charge on any atom is -0.493 e. The molecule has 0 radical (unpaired) electrons. The van der Waals surface area contributed by atoms with E-state index in [0.29, 0.717) is 60.1 Å². The molecule has 36 heavy (non-hydrogen) atoms. The van der Waals surface area contributed by atoms with Crippen LogP contribution in [0.15, 0.2) is 44.7 Å². The van der Waals surface area contributed by atoms with Gasteiger partial charge in [0.2, 0.25) is 0 Å². The second-order valence-electron chi connectivity index (χ2n) is 8.46. The van der Waals surface area contributed by atoms with Gasteiger partial charge in [-0.25, -0.2) is 4.98 Å². The Labute approximate surface area is 230 Å². The van der Waals surface area contributed by atoms with Crippen LogP contribution in [-0.2, 0) is 9.53 Å². The summed E-state index contributed by atoms with van der Waals surface area (Å²) in [7, 11) is 1.54. The highest BCUT2D eigenvalue weighted by molar-refractivity contribution is 14.1. The minimum absolute atomic E-state index is 0.0163. The van der Waals surface area contributed by atoms with Crippen LogP contribution in [-0.4, -0.2) is 66.7 Å². The van der Waals surface area contributed by atoms with Crippen LogP contribution in [0.2, 0.25) is 0 Å². The van der Waals surface area contributed by atoms with Crippen LogP contribution in [0.3, 0.4) is 0 Å². The van der Waals surface area contributed by atoms with E-state index in [-0.39, 0.29) is 24.0 Å². The fourth-order valence-corrected chi connectivity index (χ4v) is 4.91. The molecule has 2 aromatic carbocycles. The summed E-state index contributed by atoms with van der Waals surface area (Å²) in [5, 5.41) is 4.97. The molecule has 0 aliphatic carbocycles. The third-order valence-corrected chi connectivity index (χ3v) is 6.92. The maximum atomic E-state index is 13.2. The van der Waals surface area contributed by atoms with E-state index in [2.05, 4.69) is 48.6 Å². The van der Waals surface area contributed by atoms with Gasteiger partial charge >= 0.3 is 0 Å². The zero-order chi connectivity index (χ0) is 25.8. The van der Waals surface area contributed by atoms with Crippen LogP contribution in [0.1, 0.15) is 31.2 Å². The van der Waals surface area contributed by atoms with Crippen LogP contribution in [0.5, 0.6) is 11.5 Å². The molecule has 1 aliphatic rings. The number of hydrogen-bond donors (Lipinski definition) is 0. The summed E-state index contributed by atoms with van der Waals surface area (Å²) in [6.45, 7) is 6.03. The first-order valence-electron chi connectivity index (χ1n) is 11.4. The molecular formula is C25H26BrIN4O5. The molecule has 1 fully saturated rings. The molecule has 0 atom stereocenters. The Bertz CT molecular complexity index is 1370. The number of benzene rings is 2. The fourth-order valence-electron chi connectivity index (χ4n) is 3.77. The molecule has 190 valence electrons. The quantitative estimate of drug-likeness (QED) is 0.279. The molecule has 1 saturated heterocycles. The van der Waals surface area contributed by atoms with E-state index in [1.54, 1.807) is 23.2 Å². The van der Waals surface area contributed by atoms with Crippen LogP contribution < -0.4 is 15.0 Å². The Balaban J connectivity index is 1.62. The monoisotopic (exact) mass is 668 g/mol. The number of carbonyl (C=O) groups excluding carboxylic acids is 1. The number of methoxy groups -OCH3 is 1. The number of halogens is 2. The van der Waals surface area contributed by atoms with Crippen LogP contribution in [0, 0.1) is 3.57 Å². The molecule has 0 N–H and O–H groups in total. The van der Waals surface area contributed by atoms with Gasteiger partial charge in [0.15, 0.2) is 18.1 Å². The van der Waals surface area contributed by atoms with Gasteiger partial charge in [-0.3, -0.25) is 9.59 Å². The minimum atomic E-state index is -0.246. The Morgan fingerprint density at radius 1 is 1.28 bits per heavy atom. The largest absolute Gasteiger partial charge is 0.493 e. The first-order chi connectivity index (χ1) is 17.3. The highest BCUT2D eigenvalue weighted by Gasteiger charge is 2.19. The van der Waals surface area contributed by atoms with Gasteiger partial charge in [0.25, 0.3) is 11.5 Å². The van der Waals surface area contributed by atoms with Crippen molar-refractivity contribution in [2.75, 3.05) is 40.0 Å². The predicted molar refractivity (Wildman–Crippen MR) is 149 cm³/mol. The molecule has 0 spiro atoms. The van der Waals surface area contributed by atoms with Gasteiger partial charge in [0.1, 0.15) is 5.82 Å². The fraction of sp³-hybridized carbons (Fsp3) is 0.360. The van der Waals surface area contributed by atoms with E-state index in [0.717, 1.165) is 8.04 Å². The smallest absolute Gasteiger partial charge is 0.282 e.